The van der Waals surface area contributed by atoms with E-state index in [-0.39, 0.29) is 0 Å². The molecule has 0 unspecified atom stereocenters. The summed E-state index contributed by atoms with van der Waals surface area (Å²) in [6.07, 6.45) is 2.36. The molecule has 2 aromatic heterocycles. The predicted octanol–water partition coefficient (Wildman–Crippen LogP) is 3.50. The van der Waals surface area contributed by atoms with Crippen molar-refractivity contribution in [3.63, 3.8) is 0 Å². The number of imidazole rings is 1. The van der Waals surface area contributed by atoms with Crippen LogP contribution in [0.5, 0.6) is 0 Å². The normalized spacial score (nSPS) is 18.3. The molecule has 0 atom stereocenters. The zero-order valence-corrected chi connectivity index (χ0v) is 12.3. The Kier molecular flexibility index (Phi) is 3.50. The van der Waals surface area contributed by atoms with Gasteiger partial charge in [0, 0.05) is 11.6 Å². The van der Waals surface area contributed by atoms with Crippen molar-refractivity contribution in [1.82, 2.24) is 14.3 Å². The van der Waals surface area contributed by atoms with E-state index in [4.69, 9.17) is 11.6 Å². The van der Waals surface area contributed by atoms with Crippen molar-refractivity contribution in [2.24, 2.45) is 0 Å². The van der Waals surface area contributed by atoms with E-state index >= 15 is 0 Å². The highest BCUT2D eigenvalue weighted by Crippen LogP contribution is 2.31. The fourth-order valence-electron chi connectivity index (χ4n) is 3.07. The summed E-state index contributed by atoms with van der Waals surface area (Å²) in [6.45, 7) is 7.83. The topological polar surface area (TPSA) is 20.5 Å². The molecule has 102 valence electrons. The van der Waals surface area contributed by atoms with Gasteiger partial charge in [-0.1, -0.05) is 24.6 Å². The molecule has 0 N–H and O–H groups in total. The van der Waals surface area contributed by atoms with Crippen LogP contribution in [-0.2, 0) is 0 Å². The maximum absolute atomic E-state index is 6.28. The number of hydrogen-bond donors (Lipinski definition) is 0. The van der Waals surface area contributed by atoms with Gasteiger partial charge in [0.05, 0.1) is 5.52 Å². The van der Waals surface area contributed by atoms with E-state index in [9.17, 15) is 0 Å². The number of halogens is 1. The summed E-state index contributed by atoms with van der Waals surface area (Å²) in [7, 11) is 0. The second-order valence-electron chi connectivity index (χ2n) is 5.36. The highest BCUT2D eigenvalue weighted by atomic mass is 35.5. The summed E-state index contributed by atoms with van der Waals surface area (Å²) in [5.41, 5.74) is 2.25. The molecule has 3 rings (SSSR count). The van der Waals surface area contributed by atoms with Gasteiger partial charge in [0.1, 0.15) is 5.82 Å². The molecule has 19 heavy (non-hydrogen) atoms. The van der Waals surface area contributed by atoms with Crippen molar-refractivity contribution in [2.75, 3.05) is 19.6 Å². The molecule has 3 heterocycles. The van der Waals surface area contributed by atoms with Crippen molar-refractivity contribution in [1.29, 1.82) is 0 Å². The third-order valence-corrected chi connectivity index (χ3v) is 4.52. The van der Waals surface area contributed by atoms with Gasteiger partial charge in [0.2, 0.25) is 0 Å². The van der Waals surface area contributed by atoms with Gasteiger partial charge >= 0.3 is 0 Å². The molecule has 0 bridgehead atoms. The number of piperidine rings is 1. The quantitative estimate of drug-likeness (QED) is 0.838. The lowest BCUT2D eigenvalue weighted by Gasteiger charge is -2.30. The Morgan fingerprint density at radius 1 is 1.32 bits per heavy atom. The average molecular weight is 278 g/mol. The Morgan fingerprint density at radius 2 is 2.05 bits per heavy atom. The minimum Gasteiger partial charge on any atom is -0.304 e. The number of aromatic nitrogens is 2. The van der Waals surface area contributed by atoms with Gasteiger partial charge in [-0.2, -0.15) is 0 Å². The van der Waals surface area contributed by atoms with Crippen LogP contribution in [0, 0.1) is 6.92 Å². The van der Waals surface area contributed by atoms with Crippen molar-refractivity contribution >= 4 is 17.1 Å². The van der Waals surface area contributed by atoms with Crippen LogP contribution >= 0.6 is 11.6 Å². The molecule has 0 spiro atoms. The van der Waals surface area contributed by atoms with E-state index in [0.29, 0.717) is 11.1 Å². The summed E-state index contributed by atoms with van der Waals surface area (Å²) in [5.74, 6) is 1.68. The lowest BCUT2D eigenvalue weighted by molar-refractivity contribution is 0.219. The molecule has 4 heteroatoms. The molecule has 0 amide bonds. The minimum absolute atomic E-state index is 0.531. The van der Waals surface area contributed by atoms with Crippen LogP contribution in [0.4, 0.5) is 0 Å². The molecule has 1 fully saturated rings. The maximum atomic E-state index is 6.28. The lowest BCUT2D eigenvalue weighted by atomic mass is 9.96. The van der Waals surface area contributed by atoms with E-state index in [2.05, 4.69) is 34.2 Å². The van der Waals surface area contributed by atoms with Gasteiger partial charge in [0.15, 0.2) is 5.15 Å². The Bertz CT molecular complexity index is 582. The molecule has 0 radical (unpaired) electrons. The first-order chi connectivity index (χ1) is 9.20. The summed E-state index contributed by atoms with van der Waals surface area (Å²) >= 11 is 6.28. The van der Waals surface area contributed by atoms with Gasteiger partial charge in [-0.3, -0.25) is 4.40 Å². The van der Waals surface area contributed by atoms with Crippen LogP contribution in [0.25, 0.3) is 5.52 Å². The molecular formula is C15H20ClN3. The van der Waals surface area contributed by atoms with Gasteiger partial charge in [0.25, 0.3) is 0 Å². The third-order valence-electron chi connectivity index (χ3n) is 4.24. The van der Waals surface area contributed by atoms with E-state index in [0.717, 1.165) is 17.9 Å². The molecule has 1 aliphatic heterocycles. The third kappa shape index (κ3) is 2.26. The molecule has 0 aromatic carbocycles. The monoisotopic (exact) mass is 277 g/mol. The van der Waals surface area contributed by atoms with Crippen LogP contribution in [0.1, 0.15) is 37.2 Å². The molecule has 1 saturated heterocycles. The number of fused-ring (bicyclic) bond motifs is 1. The van der Waals surface area contributed by atoms with Crippen molar-refractivity contribution in [3.05, 3.63) is 34.9 Å². The summed E-state index contributed by atoms with van der Waals surface area (Å²) in [4.78, 5) is 7.14. The highest BCUT2D eigenvalue weighted by Gasteiger charge is 2.24. The van der Waals surface area contributed by atoms with Crippen LogP contribution < -0.4 is 0 Å². The second kappa shape index (κ2) is 5.14. The molecular weight excluding hydrogens is 258 g/mol. The first kappa shape index (κ1) is 12.9. The fraction of sp³-hybridized carbons (Fsp3) is 0.533. The molecule has 0 saturated carbocycles. The van der Waals surface area contributed by atoms with Gasteiger partial charge < -0.3 is 4.90 Å². The predicted molar refractivity (Wildman–Crippen MR) is 79.0 cm³/mol. The number of hydrogen-bond acceptors (Lipinski definition) is 2. The number of aryl methyl sites for hydroxylation is 1. The van der Waals surface area contributed by atoms with Crippen LogP contribution in [-0.4, -0.2) is 33.9 Å². The van der Waals surface area contributed by atoms with Gasteiger partial charge in [-0.15, -0.1) is 0 Å². The molecule has 0 aliphatic carbocycles. The number of rotatable bonds is 2. The summed E-state index contributed by atoms with van der Waals surface area (Å²) in [6, 6.07) is 6.21. The smallest absolute Gasteiger partial charge is 0.155 e. The van der Waals surface area contributed by atoms with Crippen molar-refractivity contribution in [2.45, 2.75) is 32.6 Å². The fourth-order valence-corrected chi connectivity index (χ4v) is 3.31. The standard InChI is InChI=1S/C15H20ClN3/c1-3-18-9-7-12(8-10-18)15-17-14(16)13-6-4-5-11(2)19(13)15/h4-6,12H,3,7-10H2,1-2H3. The van der Waals surface area contributed by atoms with Gasteiger partial charge in [-0.25, -0.2) is 4.98 Å². The molecule has 3 nitrogen and oxygen atoms in total. The van der Waals surface area contributed by atoms with Crippen LogP contribution in [0.2, 0.25) is 5.15 Å². The van der Waals surface area contributed by atoms with Crippen molar-refractivity contribution < 1.29 is 0 Å². The summed E-state index contributed by atoms with van der Waals surface area (Å²) in [5, 5.41) is 0.636. The number of pyridine rings is 1. The Hall–Kier alpha value is -1.06. The SMILES string of the molecule is CCN1CCC(c2nc(Cl)c3cccc(C)n23)CC1. The molecule has 1 aliphatic rings. The Labute approximate surface area is 119 Å². The van der Waals surface area contributed by atoms with Crippen molar-refractivity contribution in [3.8, 4) is 0 Å². The lowest BCUT2D eigenvalue weighted by Crippen LogP contribution is -2.33. The molecule has 2 aromatic rings. The largest absolute Gasteiger partial charge is 0.304 e. The first-order valence-corrected chi connectivity index (χ1v) is 7.44. The minimum atomic E-state index is 0.531. The average Bonchev–Trinajstić information content (AvgIpc) is 2.78. The zero-order chi connectivity index (χ0) is 13.4. The van der Waals surface area contributed by atoms with E-state index in [1.807, 2.05) is 12.1 Å². The number of nitrogens with zero attached hydrogens (tertiary/aromatic N) is 3. The first-order valence-electron chi connectivity index (χ1n) is 7.06. The van der Waals surface area contributed by atoms with Crippen LogP contribution in [0.3, 0.4) is 0 Å². The summed E-state index contributed by atoms with van der Waals surface area (Å²) < 4.78 is 2.23. The van der Waals surface area contributed by atoms with E-state index in [1.165, 1.54) is 31.6 Å². The highest BCUT2D eigenvalue weighted by molar-refractivity contribution is 6.32. The van der Waals surface area contributed by atoms with E-state index < -0.39 is 0 Å². The van der Waals surface area contributed by atoms with Crippen LogP contribution in [0.15, 0.2) is 18.2 Å². The van der Waals surface area contributed by atoms with E-state index in [1.54, 1.807) is 0 Å². The number of likely N-dealkylation sites (tertiary alicyclic amines) is 1. The Morgan fingerprint density at radius 3 is 2.74 bits per heavy atom. The second-order valence-corrected chi connectivity index (χ2v) is 5.72. The zero-order valence-electron chi connectivity index (χ0n) is 11.6. The Balaban J connectivity index is 1.97. The van der Waals surface area contributed by atoms with Gasteiger partial charge in [-0.05, 0) is 51.5 Å². The maximum Gasteiger partial charge on any atom is 0.155 e.